The molecule has 0 N–H and O–H groups in total. The lowest BCUT2D eigenvalue weighted by molar-refractivity contribution is 0.333. The van der Waals surface area contributed by atoms with E-state index in [0.29, 0.717) is 0 Å². The van der Waals surface area contributed by atoms with E-state index in [4.69, 9.17) is 4.42 Å². The first-order valence-electron chi connectivity index (χ1n) is 19.8. The van der Waals surface area contributed by atoms with Crippen LogP contribution in [-0.4, -0.2) is 0 Å². The quantitative estimate of drug-likeness (QED) is 0.177. The Morgan fingerprint density at radius 3 is 1.89 bits per heavy atom. The summed E-state index contributed by atoms with van der Waals surface area (Å²) in [6, 6.07) is 56.0. The van der Waals surface area contributed by atoms with Crippen LogP contribution in [0.25, 0.3) is 55.3 Å². The van der Waals surface area contributed by atoms with Gasteiger partial charge < -0.3 is 9.32 Å². The summed E-state index contributed by atoms with van der Waals surface area (Å²) in [5.41, 5.74) is 18.4. The van der Waals surface area contributed by atoms with Crippen molar-refractivity contribution in [1.82, 2.24) is 0 Å². The van der Waals surface area contributed by atoms with Crippen LogP contribution in [0.4, 0.5) is 17.1 Å². The second kappa shape index (κ2) is 12.1. The lowest BCUT2D eigenvalue weighted by Gasteiger charge is -2.43. The fourth-order valence-corrected chi connectivity index (χ4v) is 9.81. The number of hydrogen-bond acceptors (Lipinski definition) is 2. The van der Waals surface area contributed by atoms with Gasteiger partial charge in [-0.2, -0.15) is 0 Å². The molecule has 55 heavy (non-hydrogen) atoms. The van der Waals surface area contributed by atoms with Crippen LogP contribution in [0, 0.1) is 0 Å². The highest BCUT2D eigenvalue weighted by Crippen LogP contribution is 2.56. The van der Waals surface area contributed by atoms with Crippen molar-refractivity contribution in [2.75, 3.05) is 4.90 Å². The number of benzene rings is 7. The van der Waals surface area contributed by atoms with E-state index in [2.05, 4.69) is 192 Å². The third-order valence-electron chi connectivity index (χ3n) is 12.9. The van der Waals surface area contributed by atoms with E-state index in [9.17, 15) is 0 Å². The van der Waals surface area contributed by atoms with Gasteiger partial charge >= 0.3 is 0 Å². The van der Waals surface area contributed by atoms with E-state index < -0.39 is 0 Å². The predicted octanol–water partition coefficient (Wildman–Crippen LogP) is 15.0. The van der Waals surface area contributed by atoms with Crippen molar-refractivity contribution in [3.8, 4) is 33.4 Å². The normalized spacial score (nSPS) is 16.1. The summed E-state index contributed by atoms with van der Waals surface area (Å²) in [5.74, 6) is 0. The lowest BCUT2D eigenvalue weighted by Crippen LogP contribution is -2.34. The van der Waals surface area contributed by atoms with Crippen molar-refractivity contribution in [1.29, 1.82) is 0 Å². The summed E-state index contributed by atoms with van der Waals surface area (Å²) >= 11 is 0. The van der Waals surface area contributed by atoms with Gasteiger partial charge in [0.05, 0.1) is 5.69 Å². The van der Waals surface area contributed by atoms with E-state index in [0.717, 1.165) is 39.7 Å². The second-order valence-electron chi connectivity index (χ2n) is 17.6. The molecule has 2 aliphatic carbocycles. The number of rotatable bonds is 5. The van der Waals surface area contributed by atoms with Crippen molar-refractivity contribution in [3.05, 3.63) is 174 Å². The molecule has 2 nitrogen and oxygen atoms in total. The van der Waals surface area contributed by atoms with Gasteiger partial charge in [0.1, 0.15) is 11.2 Å². The van der Waals surface area contributed by atoms with E-state index >= 15 is 0 Å². The average molecular weight is 714 g/mol. The molecule has 0 radical (unpaired) electrons. The Morgan fingerprint density at radius 2 is 1.07 bits per heavy atom. The van der Waals surface area contributed by atoms with Crippen molar-refractivity contribution in [3.63, 3.8) is 0 Å². The SMILES string of the molecule is CC1(C)CCC(C)(C)c2c(-c3cc4c(cc3N(c3ccc(-c5ccccc5)cc3)c3ccc5c(c3)oc3ccccc35)C(C)(C)c3ccccc3-4)cccc21. The second-order valence-corrected chi connectivity index (χ2v) is 17.6. The minimum atomic E-state index is -0.165. The molecule has 0 spiro atoms. The molecule has 2 aliphatic rings. The van der Waals surface area contributed by atoms with Gasteiger partial charge in [-0.05, 0) is 116 Å². The number of fused-ring (bicyclic) bond motifs is 7. The number of hydrogen-bond donors (Lipinski definition) is 0. The third-order valence-corrected chi connectivity index (χ3v) is 12.9. The fraction of sp³-hybridized carbons (Fsp3) is 0.208. The first kappa shape index (κ1) is 33.7. The maximum absolute atomic E-state index is 6.55. The molecule has 0 fully saturated rings. The summed E-state index contributed by atoms with van der Waals surface area (Å²) < 4.78 is 6.55. The molecule has 7 aromatic carbocycles. The minimum Gasteiger partial charge on any atom is -0.456 e. The van der Waals surface area contributed by atoms with Crippen molar-refractivity contribution < 1.29 is 4.42 Å². The summed E-state index contributed by atoms with van der Waals surface area (Å²) in [6.45, 7) is 14.5. The smallest absolute Gasteiger partial charge is 0.137 e. The van der Waals surface area contributed by atoms with Crippen LogP contribution in [-0.2, 0) is 16.2 Å². The number of anilines is 3. The van der Waals surface area contributed by atoms with E-state index in [-0.39, 0.29) is 16.2 Å². The molecule has 0 bridgehead atoms. The highest BCUT2D eigenvalue weighted by Gasteiger charge is 2.41. The van der Waals surface area contributed by atoms with Gasteiger partial charge in [-0.15, -0.1) is 0 Å². The van der Waals surface area contributed by atoms with Crippen LogP contribution in [0.5, 0.6) is 0 Å². The largest absolute Gasteiger partial charge is 0.456 e. The topological polar surface area (TPSA) is 16.4 Å². The summed E-state index contributed by atoms with van der Waals surface area (Å²) in [4.78, 5) is 2.48. The van der Waals surface area contributed by atoms with Crippen LogP contribution in [0.1, 0.15) is 76.6 Å². The van der Waals surface area contributed by atoms with Crippen LogP contribution in [0.15, 0.2) is 156 Å². The summed E-state index contributed by atoms with van der Waals surface area (Å²) in [6.07, 6.45) is 2.32. The van der Waals surface area contributed by atoms with Crippen LogP contribution in [0.3, 0.4) is 0 Å². The van der Waals surface area contributed by atoms with E-state index in [1.54, 1.807) is 0 Å². The molecule has 2 heteroatoms. The molecule has 1 aromatic heterocycles. The van der Waals surface area contributed by atoms with Crippen molar-refractivity contribution >= 4 is 39.0 Å². The highest BCUT2D eigenvalue weighted by atomic mass is 16.3. The first-order chi connectivity index (χ1) is 26.5. The summed E-state index contributed by atoms with van der Waals surface area (Å²) in [7, 11) is 0. The summed E-state index contributed by atoms with van der Waals surface area (Å²) in [5, 5.41) is 2.27. The van der Waals surface area contributed by atoms with E-state index in [1.807, 2.05) is 6.07 Å². The molecule has 0 amide bonds. The number of furan rings is 1. The molecular weight excluding hydrogens is 667 g/mol. The first-order valence-corrected chi connectivity index (χ1v) is 19.8. The molecular formula is C53H47NO. The Hall–Kier alpha value is -5.86. The van der Waals surface area contributed by atoms with Gasteiger partial charge in [-0.25, -0.2) is 0 Å². The Balaban J connectivity index is 1.29. The van der Waals surface area contributed by atoms with Crippen LogP contribution in [0.2, 0.25) is 0 Å². The zero-order valence-corrected chi connectivity index (χ0v) is 32.7. The molecule has 270 valence electrons. The lowest BCUT2D eigenvalue weighted by atomic mass is 9.61. The molecule has 10 rings (SSSR count). The van der Waals surface area contributed by atoms with Gasteiger partial charge in [-0.1, -0.05) is 145 Å². The zero-order valence-electron chi connectivity index (χ0n) is 32.7. The van der Waals surface area contributed by atoms with Crippen molar-refractivity contribution in [2.24, 2.45) is 0 Å². The molecule has 0 aliphatic heterocycles. The van der Waals surface area contributed by atoms with Crippen LogP contribution < -0.4 is 4.90 Å². The fourth-order valence-electron chi connectivity index (χ4n) is 9.81. The van der Waals surface area contributed by atoms with Gasteiger partial charge in [-0.3, -0.25) is 0 Å². The maximum atomic E-state index is 6.55. The Bertz CT molecular complexity index is 2780. The van der Waals surface area contributed by atoms with Gasteiger partial charge in [0.15, 0.2) is 0 Å². The van der Waals surface area contributed by atoms with E-state index in [1.165, 1.54) is 67.7 Å². The maximum Gasteiger partial charge on any atom is 0.137 e. The molecule has 0 saturated heterocycles. The average Bonchev–Trinajstić information content (AvgIpc) is 3.68. The standard InChI is InChI=1S/C53H47NO/c1-51(2)29-30-52(3,4)50-41(19-14-21-45(50)51)43-32-42-38-17-10-12-20-44(38)53(5,6)46(42)33-47(43)54(36-25-23-35(24-26-36)34-15-8-7-9-16-34)37-27-28-40-39-18-11-13-22-48(39)55-49(40)31-37/h7-28,31-33H,29-30H2,1-6H3. The number of nitrogens with zero attached hydrogens (tertiary/aromatic N) is 1. The third kappa shape index (κ3) is 5.22. The van der Waals surface area contributed by atoms with Gasteiger partial charge in [0.2, 0.25) is 0 Å². The number of para-hydroxylation sites is 1. The van der Waals surface area contributed by atoms with Gasteiger partial charge in [0.25, 0.3) is 0 Å². The molecule has 8 aromatic rings. The minimum absolute atomic E-state index is 0.0181. The highest BCUT2D eigenvalue weighted by molar-refractivity contribution is 6.06. The van der Waals surface area contributed by atoms with Crippen LogP contribution >= 0.6 is 0 Å². The molecule has 0 atom stereocenters. The monoisotopic (exact) mass is 713 g/mol. The Labute approximate surface area is 325 Å². The van der Waals surface area contributed by atoms with Gasteiger partial charge in [0, 0.05) is 39.2 Å². The molecule has 0 unspecified atom stereocenters. The Kier molecular flexibility index (Phi) is 7.39. The zero-order chi connectivity index (χ0) is 37.7. The van der Waals surface area contributed by atoms with Crippen molar-refractivity contribution in [2.45, 2.75) is 70.6 Å². The molecule has 1 heterocycles. The molecule has 0 saturated carbocycles. The Morgan fingerprint density at radius 1 is 0.436 bits per heavy atom. The predicted molar refractivity (Wildman–Crippen MR) is 232 cm³/mol.